The molecule has 2 aliphatic rings. The van der Waals surface area contributed by atoms with E-state index < -0.39 is 0 Å². The Bertz CT molecular complexity index is 697. The van der Waals surface area contributed by atoms with Gasteiger partial charge in [0.2, 0.25) is 11.8 Å². The molecule has 2 aromatic heterocycles. The number of furan rings is 1. The lowest BCUT2D eigenvalue weighted by Gasteiger charge is -2.20. The number of aliphatic hydroxyl groups is 1. The minimum absolute atomic E-state index is 0.110. The molecule has 0 amide bonds. The number of anilines is 1. The van der Waals surface area contributed by atoms with Gasteiger partial charge in [-0.05, 0) is 18.1 Å². The summed E-state index contributed by atoms with van der Waals surface area (Å²) in [6.07, 6.45) is 0. The molecule has 0 bridgehead atoms. The van der Waals surface area contributed by atoms with Crippen LogP contribution in [0, 0.1) is 17.8 Å². The van der Waals surface area contributed by atoms with Gasteiger partial charge in [0.1, 0.15) is 12.4 Å². The van der Waals surface area contributed by atoms with E-state index in [4.69, 9.17) is 9.15 Å². The lowest BCUT2D eigenvalue weighted by Crippen LogP contribution is -2.26. The highest BCUT2D eigenvalue weighted by Gasteiger charge is 2.39. The number of hydrogen-bond acceptors (Lipinski definition) is 6. The average Bonchev–Trinajstić information content (AvgIpc) is 3.28. The van der Waals surface area contributed by atoms with Crippen molar-refractivity contribution in [3.8, 4) is 11.6 Å². The second kappa shape index (κ2) is 6.22. The van der Waals surface area contributed by atoms with Crippen LogP contribution in [-0.2, 0) is 17.9 Å². The largest absolute Gasteiger partial charge is 0.455 e. The topological polar surface area (TPSA) is 76.5 Å². The molecular formula is C17H24N4O3. The molecule has 7 heteroatoms. The highest BCUT2D eigenvalue weighted by molar-refractivity contribution is 5.52. The van der Waals surface area contributed by atoms with Gasteiger partial charge in [-0.2, -0.15) is 0 Å². The molecule has 24 heavy (non-hydrogen) atoms. The van der Waals surface area contributed by atoms with E-state index in [2.05, 4.69) is 33.5 Å². The Hall–Kier alpha value is -1.86. The molecule has 2 aliphatic heterocycles. The van der Waals surface area contributed by atoms with E-state index in [9.17, 15) is 5.11 Å². The van der Waals surface area contributed by atoms with Crippen LogP contribution in [0.5, 0.6) is 0 Å². The predicted octanol–water partition coefficient (Wildman–Crippen LogP) is 1.77. The van der Waals surface area contributed by atoms with Crippen LogP contribution in [0.1, 0.15) is 19.6 Å². The second-order valence-corrected chi connectivity index (χ2v) is 7.21. The monoisotopic (exact) mass is 332 g/mol. The van der Waals surface area contributed by atoms with Gasteiger partial charge in [-0.15, -0.1) is 10.2 Å². The highest BCUT2D eigenvalue weighted by atomic mass is 16.5. The summed E-state index contributed by atoms with van der Waals surface area (Å²) in [5.41, 5.74) is 0. The summed E-state index contributed by atoms with van der Waals surface area (Å²) in [6, 6.07) is 3.63. The summed E-state index contributed by atoms with van der Waals surface area (Å²) in [7, 11) is 0. The van der Waals surface area contributed by atoms with Crippen molar-refractivity contribution in [2.24, 2.45) is 17.8 Å². The SMILES string of the molecule is CC(C)Cn1c(-c2ccc(CO)o2)nnc1N1C[C@H]2COC[C@H]2C1. The van der Waals surface area contributed by atoms with Crippen molar-refractivity contribution in [1.82, 2.24) is 14.8 Å². The molecule has 0 spiro atoms. The number of fused-ring (bicyclic) bond motifs is 1. The van der Waals surface area contributed by atoms with Gasteiger partial charge in [-0.3, -0.25) is 4.57 Å². The Balaban J connectivity index is 1.67. The Morgan fingerprint density at radius 3 is 2.58 bits per heavy atom. The first kappa shape index (κ1) is 15.7. The number of hydrogen-bond donors (Lipinski definition) is 1. The number of ether oxygens (including phenoxy) is 1. The standard InChI is InChI=1S/C17H24N4O3/c1-11(2)5-21-16(15-4-3-14(8-22)24-15)18-19-17(21)20-6-12-9-23-10-13(12)7-20/h3-4,11-13,22H,5-10H2,1-2H3/t12-,13+. The van der Waals surface area contributed by atoms with Crippen LogP contribution in [0.2, 0.25) is 0 Å². The molecule has 4 heterocycles. The third-order valence-corrected chi connectivity index (χ3v) is 4.84. The fourth-order valence-corrected chi connectivity index (χ4v) is 3.68. The molecule has 0 unspecified atom stereocenters. The Kier molecular flexibility index (Phi) is 4.05. The van der Waals surface area contributed by atoms with Crippen molar-refractivity contribution in [2.45, 2.75) is 27.0 Å². The van der Waals surface area contributed by atoms with Crippen LogP contribution in [0.25, 0.3) is 11.6 Å². The fourth-order valence-electron chi connectivity index (χ4n) is 3.68. The highest BCUT2D eigenvalue weighted by Crippen LogP contribution is 2.34. The maximum atomic E-state index is 9.23. The molecule has 2 saturated heterocycles. The van der Waals surface area contributed by atoms with Crippen molar-refractivity contribution in [1.29, 1.82) is 0 Å². The second-order valence-electron chi connectivity index (χ2n) is 7.21. The molecule has 2 atom stereocenters. The third kappa shape index (κ3) is 2.71. The Morgan fingerprint density at radius 2 is 1.96 bits per heavy atom. The van der Waals surface area contributed by atoms with Crippen molar-refractivity contribution >= 4 is 5.95 Å². The van der Waals surface area contributed by atoms with Crippen LogP contribution in [0.3, 0.4) is 0 Å². The molecule has 0 saturated carbocycles. The van der Waals surface area contributed by atoms with E-state index in [1.54, 1.807) is 6.07 Å². The number of aromatic nitrogens is 3. The number of aliphatic hydroxyl groups excluding tert-OH is 1. The van der Waals surface area contributed by atoms with Gasteiger partial charge >= 0.3 is 0 Å². The van der Waals surface area contributed by atoms with Crippen LogP contribution in [0.4, 0.5) is 5.95 Å². The summed E-state index contributed by atoms with van der Waals surface area (Å²) in [5.74, 6) is 4.50. The lowest BCUT2D eigenvalue weighted by atomic mass is 10.0. The van der Waals surface area contributed by atoms with Crippen molar-refractivity contribution in [3.63, 3.8) is 0 Å². The molecule has 0 aliphatic carbocycles. The van der Waals surface area contributed by atoms with Gasteiger partial charge < -0.3 is 19.2 Å². The van der Waals surface area contributed by atoms with Crippen molar-refractivity contribution in [2.75, 3.05) is 31.2 Å². The zero-order chi connectivity index (χ0) is 16.7. The maximum absolute atomic E-state index is 9.23. The molecule has 130 valence electrons. The summed E-state index contributed by atoms with van der Waals surface area (Å²) in [4.78, 5) is 2.33. The van der Waals surface area contributed by atoms with Crippen LogP contribution >= 0.6 is 0 Å². The van der Waals surface area contributed by atoms with Crippen LogP contribution in [-0.4, -0.2) is 46.2 Å². The first-order valence-corrected chi connectivity index (χ1v) is 8.61. The molecule has 7 nitrogen and oxygen atoms in total. The quantitative estimate of drug-likeness (QED) is 0.899. The first-order chi connectivity index (χ1) is 11.7. The Labute approximate surface area is 141 Å². The zero-order valence-corrected chi connectivity index (χ0v) is 14.2. The van der Waals surface area contributed by atoms with Gasteiger partial charge in [-0.1, -0.05) is 13.8 Å². The molecule has 2 fully saturated rings. The molecule has 0 radical (unpaired) electrons. The van der Waals surface area contributed by atoms with Gasteiger partial charge in [-0.25, -0.2) is 0 Å². The lowest BCUT2D eigenvalue weighted by molar-refractivity contribution is 0.177. The maximum Gasteiger partial charge on any atom is 0.227 e. The first-order valence-electron chi connectivity index (χ1n) is 8.61. The van der Waals surface area contributed by atoms with Gasteiger partial charge in [0.15, 0.2) is 5.76 Å². The van der Waals surface area contributed by atoms with Gasteiger partial charge in [0, 0.05) is 31.5 Å². The molecule has 4 rings (SSSR count). The van der Waals surface area contributed by atoms with E-state index >= 15 is 0 Å². The zero-order valence-electron chi connectivity index (χ0n) is 14.2. The van der Waals surface area contributed by atoms with Gasteiger partial charge in [0.25, 0.3) is 0 Å². The van der Waals surface area contributed by atoms with E-state index in [1.165, 1.54) is 0 Å². The van der Waals surface area contributed by atoms with E-state index in [0.717, 1.165) is 44.6 Å². The average molecular weight is 332 g/mol. The summed E-state index contributed by atoms with van der Waals surface area (Å²) >= 11 is 0. The normalized spacial score (nSPS) is 23.4. The number of nitrogens with zero attached hydrogens (tertiary/aromatic N) is 4. The van der Waals surface area contributed by atoms with E-state index in [0.29, 0.717) is 29.3 Å². The van der Waals surface area contributed by atoms with E-state index in [1.807, 2.05) is 6.07 Å². The summed E-state index contributed by atoms with van der Waals surface area (Å²) < 4.78 is 13.4. The van der Waals surface area contributed by atoms with Crippen molar-refractivity contribution < 1.29 is 14.3 Å². The van der Waals surface area contributed by atoms with Crippen LogP contribution in [0.15, 0.2) is 16.5 Å². The fraction of sp³-hybridized carbons (Fsp3) is 0.647. The third-order valence-electron chi connectivity index (χ3n) is 4.84. The van der Waals surface area contributed by atoms with E-state index in [-0.39, 0.29) is 6.61 Å². The summed E-state index contributed by atoms with van der Waals surface area (Å²) in [5, 5.41) is 18.1. The molecule has 0 aromatic carbocycles. The smallest absolute Gasteiger partial charge is 0.227 e. The van der Waals surface area contributed by atoms with Crippen LogP contribution < -0.4 is 4.90 Å². The minimum atomic E-state index is -0.110. The molecule has 1 N–H and O–H groups in total. The number of rotatable bonds is 5. The summed E-state index contributed by atoms with van der Waals surface area (Å²) in [6.45, 7) is 8.73. The van der Waals surface area contributed by atoms with Gasteiger partial charge in [0.05, 0.1) is 13.2 Å². The Morgan fingerprint density at radius 1 is 1.21 bits per heavy atom. The van der Waals surface area contributed by atoms with Crippen molar-refractivity contribution in [3.05, 3.63) is 17.9 Å². The predicted molar refractivity (Wildman–Crippen MR) is 88.5 cm³/mol. The molecular weight excluding hydrogens is 308 g/mol. The minimum Gasteiger partial charge on any atom is -0.455 e. The molecule has 2 aromatic rings.